The Bertz CT molecular complexity index is 448. The van der Waals surface area contributed by atoms with E-state index in [1.807, 2.05) is 26.2 Å². The smallest absolute Gasteiger partial charge is 0.225 e. The highest BCUT2D eigenvalue weighted by molar-refractivity contribution is 5.78. The second-order valence-electron chi connectivity index (χ2n) is 5.95. The Morgan fingerprint density at radius 3 is 2.38 bits per heavy atom. The zero-order chi connectivity index (χ0) is 15.2. The maximum atomic E-state index is 11.9. The van der Waals surface area contributed by atoms with Gasteiger partial charge in [0.05, 0.1) is 7.11 Å². The van der Waals surface area contributed by atoms with Crippen molar-refractivity contribution in [1.29, 1.82) is 0 Å². The van der Waals surface area contributed by atoms with Crippen LogP contribution in [-0.4, -0.2) is 56.5 Å². The van der Waals surface area contributed by atoms with Gasteiger partial charge in [-0.2, -0.15) is 0 Å². The van der Waals surface area contributed by atoms with Crippen LogP contribution < -0.4 is 4.74 Å². The van der Waals surface area contributed by atoms with Gasteiger partial charge in [0.1, 0.15) is 5.75 Å². The van der Waals surface area contributed by atoms with Crippen LogP contribution in [0.15, 0.2) is 24.3 Å². The van der Waals surface area contributed by atoms with E-state index in [2.05, 4.69) is 17.0 Å². The van der Waals surface area contributed by atoms with Gasteiger partial charge in [-0.05, 0) is 50.0 Å². The van der Waals surface area contributed by atoms with E-state index >= 15 is 0 Å². The predicted octanol–water partition coefficient (Wildman–Crippen LogP) is 2.04. The predicted molar refractivity (Wildman–Crippen MR) is 84.6 cm³/mol. The summed E-state index contributed by atoms with van der Waals surface area (Å²) in [5, 5.41) is 0. The molecule has 0 bridgehead atoms. The second-order valence-corrected chi connectivity index (χ2v) is 5.95. The first kappa shape index (κ1) is 15.8. The van der Waals surface area contributed by atoms with E-state index in [1.165, 1.54) is 5.56 Å². The summed E-state index contributed by atoms with van der Waals surface area (Å²) >= 11 is 0. The van der Waals surface area contributed by atoms with Crippen LogP contribution in [0.5, 0.6) is 5.75 Å². The Balaban J connectivity index is 1.74. The SMILES string of the molecule is COc1ccc(CCN2CCC(C(=O)N(C)C)CC2)cc1. The summed E-state index contributed by atoms with van der Waals surface area (Å²) in [6.45, 7) is 3.12. The number of nitrogens with zero attached hydrogens (tertiary/aromatic N) is 2. The number of piperidine rings is 1. The zero-order valence-corrected chi connectivity index (χ0v) is 13.3. The maximum absolute atomic E-state index is 11.9. The number of carbonyl (C=O) groups excluding carboxylic acids is 1. The van der Waals surface area contributed by atoms with Crippen molar-refractivity contribution in [2.45, 2.75) is 19.3 Å². The minimum atomic E-state index is 0.220. The van der Waals surface area contributed by atoms with Crippen molar-refractivity contribution in [3.8, 4) is 5.75 Å². The first-order chi connectivity index (χ1) is 10.1. The summed E-state index contributed by atoms with van der Waals surface area (Å²) in [6, 6.07) is 8.27. The van der Waals surface area contributed by atoms with Gasteiger partial charge in [0.2, 0.25) is 5.91 Å². The fourth-order valence-electron chi connectivity index (χ4n) is 2.85. The van der Waals surface area contributed by atoms with Gasteiger partial charge < -0.3 is 14.5 Å². The number of rotatable bonds is 5. The molecule has 0 atom stereocenters. The molecule has 21 heavy (non-hydrogen) atoms. The molecule has 0 spiro atoms. The number of amides is 1. The molecule has 1 aliphatic heterocycles. The lowest BCUT2D eigenvalue weighted by Crippen LogP contribution is -2.40. The number of likely N-dealkylation sites (tertiary alicyclic amines) is 1. The molecule has 4 nitrogen and oxygen atoms in total. The standard InChI is InChI=1S/C17H26N2O2/c1-18(2)17(20)15-9-12-19(13-10-15)11-8-14-4-6-16(21-3)7-5-14/h4-7,15H,8-13H2,1-3H3. The third kappa shape index (κ3) is 4.46. The third-order valence-corrected chi connectivity index (χ3v) is 4.25. The number of hydrogen-bond acceptors (Lipinski definition) is 3. The van der Waals surface area contributed by atoms with Gasteiger partial charge in [-0.15, -0.1) is 0 Å². The van der Waals surface area contributed by atoms with Gasteiger partial charge in [-0.1, -0.05) is 12.1 Å². The van der Waals surface area contributed by atoms with Crippen molar-refractivity contribution >= 4 is 5.91 Å². The van der Waals surface area contributed by atoms with Crippen LogP contribution >= 0.6 is 0 Å². The summed E-state index contributed by atoms with van der Waals surface area (Å²) < 4.78 is 5.17. The van der Waals surface area contributed by atoms with E-state index in [4.69, 9.17) is 4.74 Å². The molecule has 0 aromatic heterocycles. The van der Waals surface area contributed by atoms with E-state index in [0.717, 1.165) is 44.6 Å². The van der Waals surface area contributed by atoms with Crippen LogP contribution in [0.4, 0.5) is 0 Å². The van der Waals surface area contributed by atoms with Crippen molar-refractivity contribution < 1.29 is 9.53 Å². The largest absolute Gasteiger partial charge is 0.497 e. The van der Waals surface area contributed by atoms with Gasteiger partial charge in [0.15, 0.2) is 0 Å². The normalized spacial score (nSPS) is 16.7. The number of carbonyl (C=O) groups is 1. The van der Waals surface area contributed by atoms with Crippen LogP contribution in [0, 0.1) is 5.92 Å². The molecule has 2 rings (SSSR count). The molecule has 1 amide bonds. The Morgan fingerprint density at radius 2 is 1.86 bits per heavy atom. The van der Waals surface area contributed by atoms with E-state index < -0.39 is 0 Å². The molecule has 4 heteroatoms. The molecule has 0 N–H and O–H groups in total. The quantitative estimate of drug-likeness (QED) is 0.832. The molecule has 1 aliphatic rings. The zero-order valence-electron chi connectivity index (χ0n) is 13.3. The maximum Gasteiger partial charge on any atom is 0.225 e. The van der Waals surface area contributed by atoms with Crippen molar-refractivity contribution in [1.82, 2.24) is 9.80 Å². The molecule has 0 saturated carbocycles. The summed E-state index contributed by atoms with van der Waals surface area (Å²) in [5.41, 5.74) is 1.34. The Labute approximate surface area is 127 Å². The van der Waals surface area contributed by atoms with E-state index in [1.54, 1.807) is 12.0 Å². The lowest BCUT2D eigenvalue weighted by molar-refractivity contribution is -0.134. The van der Waals surface area contributed by atoms with Crippen LogP contribution in [-0.2, 0) is 11.2 Å². The second kappa shape index (κ2) is 7.46. The minimum Gasteiger partial charge on any atom is -0.497 e. The molecule has 1 fully saturated rings. The van der Waals surface area contributed by atoms with Gasteiger partial charge in [0.25, 0.3) is 0 Å². The lowest BCUT2D eigenvalue weighted by atomic mass is 9.95. The number of hydrogen-bond donors (Lipinski definition) is 0. The molecule has 0 radical (unpaired) electrons. The lowest BCUT2D eigenvalue weighted by Gasteiger charge is -2.32. The molecule has 0 unspecified atom stereocenters. The molecule has 1 aromatic rings. The summed E-state index contributed by atoms with van der Waals surface area (Å²) in [5.74, 6) is 1.41. The third-order valence-electron chi connectivity index (χ3n) is 4.25. The van der Waals surface area contributed by atoms with Gasteiger partial charge >= 0.3 is 0 Å². The highest BCUT2D eigenvalue weighted by Gasteiger charge is 2.25. The van der Waals surface area contributed by atoms with Crippen molar-refractivity contribution in [3.63, 3.8) is 0 Å². The Hall–Kier alpha value is -1.55. The van der Waals surface area contributed by atoms with E-state index in [9.17, 15) is 4.79 Å². The Kier molecular flexibility index (Phi) is 5.62. The first-order valence-electron chi connectivity index (χ1n) is 7.66. The molecule has 1 saturated heterocycles. The van der Waals surface area contributed by atoms with Gasteiger partial charge in [0, 0.05) is 26.6 Å². The first-order valence-corrected chi connectivity index (χ1v) is 7.66. The van der Waals surface area contributed by atoms with E-state index in [0.29, 0.717) is 0 Å². The van der Waals surface area contributed by atoms with Crippen LogP contribution in [0.1, 0.15) is 18.4 Å². The molecular weight excluding hydrogens is 264 g/mol. The highest BCUT2D eigenvalue weighted by Crippen LogP contribution is 2.19. The molecular formula is C17H26N2O2. The van der Waals surface area contributed by atoms with Gasteiger partial charge in [-0.3, -0.25) is 4.79 Å². The van der Waals surface area contributed by atoms with Crippen molar-refractivity contribution in [3.05, 3.63) is 29.8 Å². The monoisotopic (exact) mass is 290 g/mol. The van der Waals surface area contributed by atoms with Crippen LogP contribution in [0.3, 0.4) is 0 Å². The number of benzene rings is 1. The fraction of sp³-hybridized carbons (Fsp3) is 0.588. The average Bonchev–Trinajstić information content (AvgIpc) is 2.53. The summed E-state index contributed by atoms with van der Waals surface area (Å²) in [4.78, 5) is 16.1. The van der Waals surface area contributed by atoms with E-state index in [-0.39, 0.29) is 11.8 Å². The molecule has 1 heterocycles. The van der Waals surface area contributed by atoms with Crippen LogP contribution in [0.25, 0.3) is 0 Å². The number of methoxy groups -OCH3 is 1. The van der Waals surface area contributed by atoms with Crippen molar-refractivity contribution in [2.24, 2.45) is 5.92 Å². The number of ether oxygens (including phenoxy) is 1. The van der Waals surface area contributed by atoms with Crippen LogP contribution in [0.2, 0.25) is 0 Å². The fourth-order valence-corrected chi connectivity index (χ4v) is 2.85. The molecule has 116 valence electrons. The molecule has 1 aromatic carbocycles. The summed E-state index contributed by atoms with van der Waals surface area (Å²) in [7, 11) is 5.38. The summed E-state index contributed by atoms with van der Waals surface area (Å²) in [6.07, 6.45) is 3.02. The minimum absolute atomic E-state index is 0.220. The van der Waals surface area contributed by atoms with Gasteiger partial charge in [-0.25, -0.2) is 0 Å². The van der Waals surface area contributed by atoms with Crippen molar-refractivity contribution in [2.75, 3.05) is 40.8 Å². The average molecular weight is 290 g/mol. The molecule has 0 aliphatic carbocycles. The Morgan fingerprint density at radius 1 is 1.24 bits per heavy atom. The topological polar surface area (TPSA) is 32.8 Å². The highest BCUT2D eigenvalue weighted by atomic mass is 16.5.